The Morgan fingerprint density at radius 2 is 1.35 bits per heavy atom. The number of carbonyl (C=O) groups excluding carboxylic acids is 1. The second-order valence-electron chi connectivity index (χ2n) is 6.44. The lowest BCUT2D eigenvalue weighted by atomic mass is 10.1. The molecule has 0 bridgehead atoms. The average molecular weight is 427 g/mol. The fourth-order valence-electron chi connectivity index (χ4n) is 2.52. The fraction of sp³-hybridized carbons (Fsp3) is 0.333. The third kappa shape index (κ3) is 8.42. The molecule has 7 heteroatoms. The van der Waals surface area contributed by atoms with E-state index in [0.717, 1.165) is 39.4 Å². The number of hydrogen-bond donors (Lipinski definition) is 4. The van der Waals surface area contributed by atoms with Crippen LogP contribution in [-0.2, 0) is 4.79 Å². The Kier molecular flexibility index (Phi) is 12.2. The van der Waals surface area contributed by atoms with Gasteiger partial charge in [0.1, 0.15) is 0 Å². The predicted octanol–water partition coefficient (Wildman–Crippen LogP) is 5.24. The molecule has 31 heavy (non-hydrogen) atoms. The van der Waals surface area contributed by atoms with E-state index in [0.29, 0.717) is 5.69 Å². The summed E-state index contributed by atoms with van der Waals surface area (Å²) >= 11 is 0. The van der Waals surface area contributed by atoms with Gasteiger partial charge in [0.05, 0.1) is 17.7 Å². The Balaban J connectivity index is 0.000000502. The molecule has 1 aromatic heterocycles. The van der Waals surface area contributed by atoms with Gasteiger partial charge < -0.3 is 27.1 Å². The van der Waals surface area contributed by atoms with Crippen LogP contribution in [0, 0.1) is 20.8 Å². The molecule has 0 aliphatic heterocycles. The Bertz CT molecular complexity index is 949. The first-order valence-corrected chi connectivity index (χ1v) is 10.5. The predicted molar refractivity (Wildman–Crippen MR) is 134 cm³/mol. The van der Waals surface area contributed by atoms with E-state index in [2.05, 4.69) is 10.3 Å². The van der Waals surface area contributed by atoms with Gasteiger partial charge in [-0.25, -0.2) is 4.98 Å². The second-order valence-corrected chi connectivity index (χ2v) is 6.44. The van der Waals surface area contributed by atoms with E-state index in [-0.39, 0.29) is 5.91 Å². The smallest absolute Gasteiger partial charge is 0.221 e. The number of nitrogens with one attached hydrogen (secondary N) is 1. The number of aryl methyl sites for hydroxylation is 3. The Hall–Kier alpha value is -3.48. The maximum atomic E-state index is 10.8. The number of aromatic nitrogens is 2. The molecule has 0 atom stereocenters. The summed E-state index contributed by atoms with van der Waals surface area (Å²) in [5.41, 5.74) is 24.2. The lowest BCUT2D eigenvalue weighted by molar-refractivity contribution is -0.114. The lowest BCUT2D eigenvalue weighted by Crippen LogP contribution is -2.07. The van der Waals surface area contributed by atoms with Gasteiger partial charge in [0.15, 0.2) is 0 Å². The van der Waals surface area contributed by atoms with Crippen molar-refractivity contribution in [2.45, 2.75) is 55.4 Å². The lowest BCUT2D eigenvalue weighted by Gasteiger charge is -2.09. The SMILES string of the molecule is CC.CC.CC(=O)Nc1cc(C)c(N)cc1C.Cc1cc(N)c(-n2ccnc2)cc1N. The Morgan fingerprint density at radius 1 is 0.839 bits per heavy atom. The number of rotatable bonds is 2. The van der Waals surface area contributed by atoms with Gasteiger partial charge >= 0.3 is 0 Å². The molecule has 0 aliphatic rings. The van der Waals surface area contributed by atoms with Crippen LogP contribution in [-0.4, -0.2) is 15.5 Å². The minimum absolute atomic E-state index is 0.0627. The number of nitrogen functional groups attached to an aromatic ring is 3. The van der Waals surface area contributed by atoms with Crippen molar-refractivity contribution in [3.05, 3.63) is 59.7 Å². The van der Waals surface area contributed by atoms with E-state index in [4.69, 9.17) is 17.2 Å². The highest BCUT2D eigenvalue weighted by molar-refractivity contribution is 5.90. The first-order valence-electron chi connectivity index (χ1n) is 10.5. The molecule has 0 spiro atoms. The van der Waals surface area contributed by atoms with Gasteiger partial charge in [-0.3, -0.25) is 4.79 Å². The summed E-state index contributed by atoms with van der Waals surface area (Å²) in [5.74, 6) is -0.0627. The summed E-state index contributed by atoms with van der Waals surface area (Å²) in [7, 11) is 0. The molecule has 3 rings (SSSR count). The minimum Gasteiger partial charge on any atom is -0.399 e. The number of anilines is 4. The molecule has 1 amide bonds. The highest BCUT2D eigenvalue weighted by Gasteiger charge is 2.04. The molecule has 0 unspecified atom stereocenters. The fourth-order valence-corrected chi connectivity index (χ4v) is 2.52. The van der Waals surface area contributed by atoms with E-state index in [1.807, 2.05) is 83.5 Å². The molecule has 1 heterocycles. The van der Waals surface area contributed by atoms with Gasteiger partial charge in [0, 0.05) is 36.4 Å². The molecule has 0 saturated carbocycles. The van der Waals surface area contributed by atoms with Crippen LogP contribution in [0.15, 0.2) is 43.0 Å². The summed E-state index contributed by atoms with van der Waals surface area (Å²) in [4.78, 5) is 14.8. The number of nitrogens with two attached hydrogens (primary N) is 3. The zero-order valence-corrected chi connectivity index (χ0v) is 20.1. The van der Waals surface area contributed by atoms with Crippen LogP contribution in [0.1, 0.15) is 51.3 Å². The molecule has 0 aliphatic carbocycles. The normalized spacial score (nSPS) is 9.16. The third-order valence-corrected chi connectivity index (χ3v) is 4.12. The van der Waals surface area contributed by atoms with Crippen molar-refractivity contribution in [3.63, 3.8) is 0 Å². The van der Waals surface area contributed by atoms with Gasteiger partial charge in [-0.15, -0.1) is 0 Å². The zero-order chi connectivity index (χ0) is 24.1. The maximum absolute atomic E-state index is 10.8. The summed E-state index contributed by atoms with van der Waals surface area (Å²) < 4.78 is 1.84. The number of hydrogen-bond acceptors (Lipinski definition) is 5. The van der Waals surface area contributed by atoms with E-state index < -0.39 is 0 Å². The largest absolute Gasteiger partial charge is 0.399 e. The van der Waals surface area contributed by atoms with Crippen LogP contribution >= 0.6 is 0 Å². The summed E-state index contributed by atoms with van der Waals surface area (Å²) in [6.45, 7) is 15.3. The third-order valence-electron chi connectivity index (χ3n) is 4.12. The van der Waals surface area contributed by atoms with E-state index >= 15 is 0 Å². The average Bonchev–Trinajstić information content (AvgIpc) is 3.27. The molecule has 170 valence electrons. The van der Waals surface area contributed by atoms with E-state index in [9.17, 15) is 4.79 Å². The maximum Gasteiger partial charge on any atom is 0.221 e. The Morgan fingerprint density at radius 3 is 1.87 bits per heavy atom. The topological polar surface area (TPSA) is 125 Å². The molecule has 7 N–H and O–H groups in total. The van der Waals surface area contributed by atoms with Crippen molar-refractivity contribution in [2.75, 3.05) is 22.5 Å². The van der Waals surface area contributed by atoms with Gasteiger partial charge in [0.2, 0.25) is 5.91 Å². The van der Waals surface area contributed by atoms with Crippen LogP contribution in [0.4, 0.5) is 22.7 Å². The van der Waals surface area contributed by atoms with Gasteiger partial charge in [0.25, 0.3) is 0 Å². The summed E-state index contributed by atoms with van der Waals surface area (Å²) in [5, 5.41) is 2.75. The molecule has 2 aromatic carbocycles. The number of benzene rings is 2. The summed E-state index contributed by atoms with van der Waals surface area (Å²) in [6.07, 6.45) is 5.23. The Labute approximate surface area is 186 Å². The van der Waals surface area contributed by atoms with Gasteiger partial charge in [-0.2, -0.15) is 0 Å². The molecule has 0 saturated heterocycles. The van der Waals surface area contributed by atoms with Crippen molar-refractivity contribution in [2.24, 2.45) is 0 Å². The van der Waals surface area contributed by atoms with Crippen molar-refractivity contribution in [3.8, 4) is 5.69 Å². The quantitative estimate of drug-likeness (QED) is 0.417. The number of nitrogens with zero attached hydrogens (tertiary/aromatic N) is 2. The van der Waals surface area contributed by atoms with Gasteiger partial charge in [-0.05, 0) is 61.7 Å². The molecular weight excluding hydrogens is 388 g/mol. The first-order chi connectivity index (χ1) is 14.7. The number of carbonyl (C=O) groups is 1. The van der Waals surface area contributed by atoms with Crippen LogP contribution in [0.25, 0.3) is 5.69 Å². The number of amides is 1. The zero-order valence-electron chi connectivity index (χ0n) is 20.1. The number of imidazole rings is 1. The molecule has 7 nitrogen and oxygen atoms in total. The highest BCUT2D eigenvalue weighted by Crippen LogP contribution is 2.23. The van der Waals surface area contributed by atoms with Crippen molar-refractivity contribution in [1.29, 1.82) is 0 Å². The molecule has 3 aromatic rings. The second kappa shape index (κ2) is 13.7. The van der Waals surface area contributed by atoms with Crippen LogP contribution in [0.5, 0.6) is 0 Å². The van der Waals surface area contributed by atoms with Crippen LogP contribution in [0.2, 0.25) is 0 Å². The van der Waals surface area contributed by atoms with Crippen LogP contribution < -0.4 is 22.5 Å². The van der Waals surface area contributed by atoms with Crippen molar-refractivity contribution >= 4 is 28.7 Å². The first kappa shape index (κ1) is 27.5. The molecule has 0 radical (unpaired) electrons. The standard InChI is InChI=1S/C10H12N4.C10H14N2O.2C2H6/c1-7-4-9(12)10(5-8(7)11)14-3-2-13-6-14;1-6-5-10(12-8(3)13)7(2)4-9(6)11;2*1-2/h2-6H,11-12H2,1H3;4-5H,11H2,1-3H3,(H,12,13);2*1-2H3. The highest BCUT2D eigenvalue weighted by atomic mass is 16.1. The van der Waals surface area contributed by atoms with Gasteiger partial charge in [-0.1, -0.05) is 27.7 Å². The molecular formula is C24H38N6O. The van der Waals surface area contributed by atoms with Crippen molar-refractivity contribution < 1.29 is 4.79 Å². The monoisotopic (exact) mass is 426 g/mol. The van der Waals surface area contributed by atoms with E-state index in [1.54, 1.807) is 12.5 Å². The van der Waals surface area contributed by atoms with Crippen LogP contribution in [0.3, 0.4) is 0 Å². The minimum atomic E-state index is -0.0627. The van der Waals surface area contributed by atoms with E-state index in [1.165, 1.54) is 6.92 Å². The summed E-state index contributed by atoms with van der Waals surface area (Å²) in [6, 6.07) is 7.46. The molecule has 0 fully saturated rings. The van der Waals surface area contributed by atoms with Crippen molar-refractivity contribution in [1.82, 2.24) is 9.55 Å².